The fourth-order valence-electron chi connectivity index (χ4n) is 5.44. The van der Waals surface area contributed by atoms with Gasteiger partial charge in [0.2, 0.25) is 0 Å². The lowest BCUT2D eigenvalue weighted by atomic mass is 9.78. The Kier molecular flexibility index (Phi) is 2.68. The van der Waals surface area contributed by atoms with Crippen LogP contribution in [0.3, 0.4) is 0 Å². The monoisotopic (exact) mass is 312 g/mol. The molecule has 4 heterocycles. The molecule has 5 aliphatic rings. The third-order valence-corrected chi connectivity index (χ3v) is 6.75. The van der Waals surface area contributed by atoms with Crippen LogP contribution in [0, 0.1) is 29.6 Å². The first kappa shape index (κ1) is 13.3. The van der Waals surface area contributed by atoms with E-state index in [2.05, 4.69) is 6.92 Å². The van der Waals surface area contributed by atoms with Crippen molar-refractivity contribution in [3.05, 3.63) is 0 Å². The van der Waals surface area contributed by atoms with Crippen LogP contribution in [0.1, 0.15) is 26.2 Å². The standard InChI is InChI=1S/C15H20O5S/c1-3-4-5-15-10-8(11(16)21-2)6-7-9(10)14(20-15)18-12(7)17-13(6)19-15/h6-10,12-14H,3-5H2,1-2H3/t6?,7?,8-,9?,10?,12+,13+,14+,15+/m1/s1. The molecule has 5 nitrogen and oxygen atoms in total. The van der Waals surface area contributed by atoms with Crippen LogP contribution in [-0.4, -0.2) is 36.0 Å². The molecule has 0 aromatic rings. The first-order valence-electron chi connectivity index (χ1n) is 7.94. The first-order valence-corrected chi connectivity index (χ1v) is 9.17. The van der Waals surface area contributed by atoms with Gasteiger partial charge in [0.15, 0.2) is 29.8 Å². The summed E-state index contributed by atoms with van der Waals surface area (Å²) in [6, 6.07) is 0. The first-order chi connectivity index (χ1) is 10.2. The maximum absolute atomic E-state index is 12.6. The van der Waals surface area contributed by atoms with Gasteiger partial charge in [-0.05, 0) is 12.7 Å². The van der Waals surface area contributed by atoms with E-state index >= 15 is 0 Å². The van der Waals surface area contributed by atoms with Crippen molar-refractivity contribution < 1.29 is 23.7 Å². The number of carbonyl (C=O) groups is 1. The Morgan fingerprint density at radius 2 is 1.81 bits per heavy atom. The Morgan fingerprint density at radius 1 is 1.10 bits per heavy atom. The Bertz CT molecular complexity index is 498. The summed E-state index contributed by atoms with van der Waals surface area (Å²) in [6.45, 7) is 2.16. The maximum atomic E-state index is 12.6. The van der Waals surface area contributed by atoms with Crippen molar-refractivity contribution in [3.8, 4) is 0 Å². The molecule has 5 fully saturated rings. The molecule has 4 saturated heterocycles. The maximum Gasteiger partial charge on any atom is 0.192 e. The quantitative estimate of drug-likeness (QED) is 0.791. The van der Waals surface area contributed by atoms with Crippen LogP contribution < -0.4 is 0 Å². The summed E-state index contributed by atoms with van der Waals surface area (Å²) >= 11 is 1.33. The second-order valence-electron chi connectivity index (χ2n) is 6.84. The molecule has 2 bridgehead atoms. The minimum atomic E-state index is -0.664. The van der Waals surface area contributed by atoms with E-state index in [9.17, 15) is 4.79 Å². The van der Waals surface area contributed by atoms with Gasteiger partial charge in [-0.25, -0.2) is 0 Å². The van der Waals surface area contributed by atoms with Crippen molar-refractivity contribution in [2.24, 2.45) is 29.6 Å². The second kappa shape index (κ2) is 4.23. The van der Waals surface area contributed by atoms with Crippen molar-refractivity contribution in [2.75, 3.05) is 6.26 Å². The molecular weight excluding hydrogens is 292 g/mol. The van der Waals surface area contributed by atoms with Gasteiger partial charge in [-0.1, -0.05) is 25.1 Å². The van der Waals surface area contributed by atoms with Gasteiger partial charge in [-0.3, -0.25) is 4.79 Å². The predicted octanol–water partition coefficient (Wildman–Crippen LogP) is 1.96. The van der Waals surface area contributed by atoms with E-state index in [1.807, 2.05) is 6.26 Å². The van der Waals surface area contributed by atoms with Crippen LogP contribution in [0.2, 0.25) is 0 Å². The smallest absolute Gasteiger partial charge is 0.192 e. The van der Waals surface area contributed by atoms with Gasteiger partial charge in [0.05, 0.1) is 0 Å². The van der Waals surface area contributed by atoms with Crippen LogP contribution >= 0.6 is 11.8 Å². The van der Waals surface area contributed by atoms with E-state index < -0.39 is 5.79 Å². The summed E-state index contributed by atoms with van der Waals surface area (Å²) in [4.78, 5) is 12.6. The summed E-state index contributed by atoms with van der Waals surface area (Å²) in [5, 5.41) is 0.266. The highest BCUT2D eigenvalue weighted by Crippen LogP contribution is 2.71. The normalized spacial score (nSPS) is 58.4. The molecule has 9 atom stereocenters. The fraction of sp³-hybridized carbons (Fsp3) is 0.933. The SMILES string of the molecule is CCCC[C@@]12O[C@@H]3O[C@@H]4O[C@@H](O1)C1C4C3C2[C@@H]1C(=O)SC. The van der Waals surface area contributed by atoms with Crippen molar-refractivity contribution in [2.45, 2.75) is 50.8 Å². The van der Waals surface area contributed by atoms with Crippen LogP contribution in [-0.2, 0) is 23.7 Å². The highest BCUT2D eigenvalue weighted by atomic mass is 32.2. The highest BCUT2D eigenvalue weighted by Gasteiger charge is 2.81. The molecule has 0 aromatic carbocycles. The molecule has 0 amide bonds. The predicted molar refractivity (Wildman–Crippen MR) is 73.9 cm³/mol. The molecule has 0 radical (unpaired) electrons. The van der Waals surface area contributed by atoms with E-state index in [4.69, 9.17) is 18.9 Å². The summed E-state index contributed by atoms with van der Waals surface area (Å²) in [5.41, 5.74) is 0. The lowest BCUT2D eigenvalue weighted by Gasteiger charge is -2.45. The van der Waals surface area contributed by atoms with Crippen molar-refractivity contribution in [3.63, 3.8) is 0 Å². The van der Waals surface area contributed by atoms with Gasteiger partial charge in [-0.15, -0.1) is 0 Å². The van der Waals surface area contributed by atoms with Crippen LogP contribution in [0.25, 0.3) is 0 Å². The van der Waals surface area contributed by atoms with Crippen molar-refractivity contribution in [1.82, 2.24) is 0 Å². The summed E-state index contributed by atoms with van der Waals surface area (Å²) in [6.07, 6.45) is 4.00. The molecule has 1 aliphatic carbocycles. The lowest BCUT2D eigenvalue weighted by Crippen LogP contribution is -2.54. The molecule has 0 spiro atoms. The molecule has 6 heteroatoms. The number of hydrogen-bond donors (Lipinski definition) is 0. The second-order valence-corrected chi connectivity index (χ2v) is 7.65. The molecule has 0 aromatic heterocycles. The van der Waals surface area contributed by atoms with E-state index in [0.717, 1.165) is 19.3 Å². The largest absolute Gasteiger partial charge is 0.323 e. The highest BCUT2D eigenvalue weighted by molar-refractivity contribution is 8.13. The average Bonchev–Trinajstić information content (AvgIpc) is 3.13. The van der Waals surface area contributed by atoms with Gasteiger partial charge >= 0.3 is 0 Å². The zero-order valence-corrected chi connectivity index (χ0v) is 13.0. The molecule has 0 N–H and O–H groups in total. The van der Waals surface area contributed by atoms with Crippen LogP contribution in [0.4, 0.5) is 0 Å². The molecule has 21 heavy (non-hydrogen) atoms. The lowest BCUT2D eigenvalue weighted by molar-refractivity contribution is -0.401. The number of ether oxygens (including phenoxy) is 4. The topological polar surface area (TPSA) is 54.0 Å². The van der Waals surface area contributed by atoms with Crippen LogP contribution in [0.5, 0.6) is 0 Å². The molecule has 5 rings (SSSR count). The molecular formula is C15H20O5S. The van der Waals surface area contributed by atoms with E-state index in [0.29, 0.717) is 0 Å². The number of carbonyl (C=O) groups excluding carboxylic acids is 1. The number of thioether (sulfide) groups is 1. The van der Waals surface area contributed by atoms with Gasteiger partial charge in [0, 0.05) is 36.0 Å². The number of rotatable bonds is 4. The molecule has 4 aliphatic heterocycles. The van der Waals surface area contributed by atoms with Gasteiger partial charge in [0.25, 0.3) is 0 Å². The van der Waals surface area contributed by atoms with Crippen molar-refractivity contribution in [1.29, 1.82) is 0 Å². The Hall–Kier alpha value is -0.140. The summed E-state index contributed by atoms with van der Waals surface area (Å²) in [7, 11) is 0. The Morgan fingerprint density at radius 3 is 2.48 bits per heavy atom. The van der Waals surface area contributed by atoms with Crippen LogP contribution in [0.15, 0.2) is 0 Å². The Labute approximate surface area is 128 Å². The van der Waals surface area contributed by atoms with Gasteiger partial charge in [0.1, 0.15) is 0 Å². The van der Waals surface area contributed by atoms with Crippen molar-refractivity contribution >= 4 is 16.9 Å². The van der Waals surface area contributed by atoms with E-state index in [1.165, 1.54) is 11.8 Å². The Balaban J connectivity index is 1.60. The van der Waals surface area contributed by atoms with Gasteiger partial charge in [-0.2, -0.15) is 0 Å². The number of hydrogen-bond acceptors (Lipinski definition) is 6. The minimum absolute atomic E-state index is 0.00417. The third kappa shape index (κ3) is 1.42. The zero-order chi connectivity index (χ0) is 14.4. The molecule has 116 valence electrons. The van der Waals surface area contributed by atoms with Gasteiger partial charge < -0.3 is 18.9 Å². The minimum Gasteiger partial charge on any atom is -0.323 e. The van der Waals surface area contributed by atoms with E-state index in [1.54, 1.807) is 0 Å². The number of unbranched alkanes of at least 4 members (excludes halogenated alkanes) is 1. The third-order valence-electron chi connectivity index (χ3n) is 6.08. The molecule has 4 unspecified atom stereocenters. The molecule has 1 saturated carbocycles. The fourth-order valence-corrected chi connectivity index (χ4v) is 6.02. The summed E-state index contributed by atoms with van der Waals surface area (Å²) < 4.78 is 24.4. The van der Waals surface area contributed by atoms with E-state index in [-0.39, 0.29) is 53.6 Å². The average molecular weight is 312 g/mol. The summed E-state index contributed by atoms with van der Waals surface area (Å²) in [5.74, 6) is 0.192. The zero-order valence-electron chi connectivity index (χ0n) is 12.2.